The van der Waals surface area contributed by atoms with Crippen LogP contribution < -0.4 is 10.3 Å². The van der Waals surface area contributed by atoms with Crippen molar-refractivity contribution in [2.24, 2.45) is 0 Å². The summed E-state index contributed by atoms with van der Waals surface area (Å²) >= 11 is 5.00. The number of ether oxygens (including phenoxy) is 1. The number of benzene rings is 1. The lowest BCUT2D eigenvalue weighted by Crippen LogP contribution is -2.24. The zero-order chi connectivity index (χ0) is 17.7. The first kappa shape index (κ1) is 15.3. The number of nitro benzene ring substituents is 1. The first-order valence-corrected chi connectivity index (χ1v) is 7.70. The van der Waals surface area contributed by atoms with Crippen LogP contribution in [0.5, 0.6) is 11.8 Å². The van der Waals surface area contributed by atoms with Gasteiger partial charge in [-0.05, 0) is 24.7 Å². The summed E-state index contributed by atoms with van der Waals surface area (Å²) in [5.41, 5.74) is 2.09. The molecule has 0 saturated carbocycles. The lowest BCUT2D eigenvalue weighted by molar-refractivity contribution is -0.384. The Balaban J connectivity index is 1.98. The van der Waals surface area contributed by atoms with E-state index in [4.69, 9.17) is 17.0 Å². The lowest BCUT2D eigenvalue weighted by Gasteiger charge is -2.24. The van der Waals surface area contributed by atoms with E-state index < -0.39 is 10.8 Å². The molecule has 9 nitrogen and oxygen atoms in total. The summed E-state index contributed by atoms with van der Waals surface area (Å²) in [6.45, 7) is 1.82. The second-order valence-electron chi connectivity index (χ2n) is 5.60. The van der Waals surface area contributed by atoms with Crippen molar-refractivity contribution in [3.05, 3.63) is 71.9 Å². The molecule has 0 radical (unpaired) electrons. The number of aromatic nitrogens is 4. The smallest absolute Gasteiger partial charge is 0.269 e. The van der Waals surface area contributed by atoms with Gasteiger partial charge in [0.05, 0.1) is 16.4 Å². The van der Waals surface area contributed by atoms with Crippen molar-refractivity contribution in [1.29, 1.82) is 0 Å². The average Bonchev–Trinajstić information content (AvgIpc) is 2.93. The highest BCUT2D eigenvalue weighted by Crippen LogP contribution is 2.45. The number of nitro groups is 1. The van der Waals surface area contributed by atoms with E-state index in [1.54, 1.807) is 12.1 Å². The molecule has 1 atom stereocenters. The Kier molecular flexibility index (Phi) is 3.29. The van der Waals surface area contributed by atoms with Crippen LogP contribution in [0.15, 0.2) is 29.1 Å². The predicted octanol–water partition coefficient (Wildman–Crippen LogP) is 2.66. The number of aryl methyl sites for hydroxylation is 1. The van der Waals surface area contributed by atoms with Crippen LogP contribution in [0.3, 0.4) is 0 Å². The van der Waals surface area contributed by atoms with Gasteiger partial charge in [-0.2, -0.15) is 0 Å². The van der Waals surface area contributed by atoms with Gasteiger partial charge in [0.1, 0.15) is 0 Å². The average molecular weight is 357 g/mol. The minimum Gasteiger partial charge on any atom is -0.420 e. The third-order valence-corrected chi connectivity index (χ3v) is 4.32. The first-order valence-electron chi connectivity index (χ1n) is 7.29. The molecular weight excluding hydrogens is 346 g/mol. The van der Waals surface area contributed by atoms with Crippen LogP contribution in [-0.4, -0.2) is 25.1 Å². The van der Waals surface area contributed by atoms with Gasteiger partial charge in [0.25, 0.3) is 11.2 Å². The van der Waals surface area contributed by atoms with E-state index in [0.29, 0.717) is 22.6 Å². The Morgan fingerprint density at radius 2 is 1.96 bits per heavy atom. The Morgan fingerprint density at radius 3 is 2.64 bits per heavy atom. The van der Waals surface area contributed by atoms with Crippen molar-refractivity contribution in [3.8, 4) is 11.8 Å². The fourth-order valence-electron chi connectivity index (χ4n) is 3.01. The van der Waals surface area contributed by atoms with Crippen LogP contribution in [0.25, 0.3) is 0 Å². The summed E-state index contributed by atoms with van der Waals surface area (Å²) in [4.78, 5) is 28.3. The number of hydrogen-bond donors (Lipinski definition) is 3. The van der Waals surface area contributed by atoms with E-state index in [-0.39, 0.29) is 21.9 Å². The van der Waals surface area contributed by atoms with Gasteiger partial charge in [0.2, 0.25) is 11.8 Å². The SMILES string of the molecule is Cc1[nH]nc2c1C(c1ccc([N+](=O)[O-])cc1)c1c([nH]c(=S)[nH]c1=O)O2. The molecule has 10 heteroatoms. The second kappa shape index (κ2) is 5.38. The van der Waals surface area contributed by atoms with Gasteiger partial charge in [-0.1, -0.05) is 12.1 Å². The number of nitrogens with zero attached hydrogens (tertiary/aromatic N) is 2. The summed E-state index contributed by atoms with van der Waals surface area (Å²) in [6, 6.07) is 6.04. The topological polar surface area (TPSA) is 130 Å². The van der Waals surface area contributed by atoms with E-state index >= 15 is 0 Å². The normalized spacial score (nSPS) is 15.2. The van der Waals surface area contributed by atoms with Gasteiger partial charge in [-0.15, -0.1) is 5.10 Å². The molecule has 3 aromatic rings. The van der Waals surface area contributed by atoms with Gasteiger partial charge < -0.3 is 9.72 Å². The molecule has 0 fully saturated rings. The zero-order valence-corrected chi connectivity index (χ0v) is 13.6. The molecule has 0 saturated heterocycles. The monoisotopic (exact) mass is 357 g/mol. The summed E-state index contributed by atoms with van der Waals surface area (Å²) in [6.07, 6.45) is 0. The van der Waals surface area contributed by atoms with Crippen LogP contribution in [0.2, 0.25) is 0 Å². The maximum Gasteiger partial charge on any atom is 0.269 e. The quantitative estimate of drug-likeness (QED) is 0.287. The highest BCUT2D eigenvalue weighted by molar-refractivity contribution is 7.71. The molecule has 1 aromatic carbocycles. The molecule has 3 heterocycles. The molecule has 0 aliphatic carbocycles. The van der Waals surface area contributed by atoms with Crippen LogP contribution in [0.4, 0.5) is 5.69 Å². The zero-order valence-electron chi connectivity index (χ0n) is 12.8. The molecule has 1 aliphatic rings. The molecular formula is C15H11N5O4S. The summed E-state index contributed by atoms with van der Waals surface area (Å²) < 4.78 is 5.82. The highest BCUT2D eigenvalue weighted by Gasteiger charge is 2.35. The van der Waals surface area contributed by atoms with Crippen LogP contribution in [-0.2, 0) is 0 Å². The number of fused-ring (bicyclic) bond motifs is 2. The molecule has 3 N–H and O–H groups in total. The Labute approximate surface area is 144 Å². The molecule has 0 bridgehead atoms. The van der Waals surface area contributed by atoms with Gasteiger partial charge in [0, 0.05) is 23.4 Å². The van der Waals surface area contributed by atoms with Crippen molar-refractivity contribution in [3.63, 3.8) is 0 Å². The summed E-state index contributed by atoms with van der Waals surface area (Å²) in [5.74, 6) is 0.0645. The third kappa shape index (κ3) is 2.34. The number of non-ortho nitro benzene ring substituents is 1. The Hall–Kier alpha value is -3.27. The summed E-state index contributed by atoms with van der Waals surface area (Å²) in [7, 11) is 0. The van der Waals surface area contributed by atoms with E-state index in [0.717, 1.165) is 5.69 Å². The van der Waals surface area contributed by atoms with Gasteiger partial charge in [-0.25, -0.2) is 0 Å². The Bertz CT molecular complexity index is 1110. The standard InChI is InChI=1S/C15H11N5O4S/c1-6-9-10(7-2-4-8(5-3-7)20(22)23)11-12(21)16-15(25)17-13(11)24-14(9)19-18-6/h2-5,10H,1H3,(H,18,19)(H2,16,17,21,25). The van der Waals surface area contributed by atoms with Gasteiger partial charge >= 0.3 is 0 Å². The molecule has 25 heavy (non-hydrogen) atoms. The number of aromatic amines is 3. The van der Waals surface area contributed by atoms with E-state index in [1.165, 1.54) is 12.1 Å². The maximum atomic E-state index is 12.5. The van der Waals surface area contributed by atoms with Gasteiger partial charge in [0.15, 0.2) is 4.77 Å². The molecule has 1 unspecified atom stereocenters. The van der Waals surface area contributed by atoms with Crippen LogP contribution in [0, 0.1) is 21.8 Å². The van der Waals surface area contributed by atoms with Crippen molar-refractivity contribution in [2.75, 3.05) is 0 Å². The number of nitrogens with one attached hydrogen (secondary N) is 3. The molecule has 2 aromatic heterocycles. The van der Waals surface area contributed by atoms with Crippen LogP contribution >= 0.6 is 12.2 Å². The number of H-pyrrole nitrogens is 3. The largest absolute Gasteiger partial charge is 0.420 e. The lowest BCUT2D eigenvalue weighted by atomic mass is 9.85. The molecule has 0 amide bonds. The van der Waals surface area contributed by atoms with Crippen molar-refractivity contribution in [1.82, 2.24) is 20.2 Å². The molecule has 126 valence electrons. The maximum absolute atomic E-state index is 12.5. The van der Waals surface area contributed by atoms with Crippen molar-refractivity contribution in [2.45, 2.75) is 12.8 Å². The van der Waals surface area contributed by atoms with Crippen LogP contribution in [0.1, 0.15) is 28.3 Å². The van der Waals surface area contributed by atoms with E-state index in [1.807, 2.05) is 6.92 Å². The fraction of sp³-hybridized carbons (Fsp3) is 0.133. The summed E-state index contributed by atoms with van der Waals surface area (Å²) in [5, 5.41) is 17.8. The van der Waals surface area contributed by atoms with Gasteiger partial charge in [-0.3, -0.25) is 25.0 Å². The van der Waals surface area contributed by atoms with Crippen molar-refractivity contribution < 1.29 is 9.66 Å². The first-order chi connectivity index (χ1) is 12.0. The minimum absolute atomic E-state index is 0.0263. The Morgan fingerprint density at radius 1 is 1.24 bits per heavy atom. The molecule has 1 aliphatic heterocycles. The van der Waals surface area contributed by atoms with E-state index in [2.05, 4.69) is 20.2 Å². The second-order valence-corrected chi connectivity index (χ2v) is 6.01. The molecule has 0 spiro atoms. The van der Waals surface area contributed by atoms with E-state index in [9.17, 15) is 14.9 Å². The molecule has 4 rings (SSSR count). The highest BCUT2D eigenvalue weighted by atomic mass is 32.1. The fourth-order valence-corrected chi connectivity index (χ4v) is 3.20. The number of hydrogen-bond acceptors (Lipinski definition) is 6. The third-order valence-electron chi connectivity index (χ3n) is 4.12. The van der Waals surface area contributed by atoms with Crippen molar-refractivity contribution >= 4 is 17.9 Å². The minimum atomic E-state index is -0.492. The number of rotatable bonds is 2. The predicted molar refractivity (Wildman–Crippen MR) is 89.7 cm³/mol.